The summed E-state index contributed by atoms with van der Waals surface area (Å²) < 4.78 is 5.61. The molecule has 0 atom stereocenters. The van der Waals surface area contributed by atoms with Crippen LogP contribution in [0.5, 0.6) is 5.75 Å². The number of hydrogen-bond donors (Lipinski definition) is 2. The van der Waals surface area contributed by atoms with Crippen LogP contribution in [0.1, 0.15) is 18.9 Å². The molecule has 0 saturated heterocycles. The lowest BCUT2D eigenvalue weighted by Gasteiger charge is -2.11. The number of rotatable bonds is 6. The quantitative estimate of drug-likeness (QED) is 0.779. The van der Waals surface area contributed by atoms with Crippen LogP contribution in [0.3, 0.4) is 0 Å². The fourth-order valence-electron chi connectivity index (χ4n) is 1.83. The predicted molar refractivity (Wildman–Crippen MR) is 85.4 cm³/mol. The van der Waals surface area contributed by atoms with Crippen molar-refractivity contribution in [2.24, 2.45) is 0 Å². The van der Waals surface area contributed by atoms with Gasteiger partial charge in [0.25, 0.3) is 0 Å². The summed E-state index contributed by atoms with van der Waals surface area (Å²) >= 11 is 5.87. The Morgan fingerprint density at radius 2 is 1.90 bits per heavy atom. The molecule has 0 aliphatic rings. The minimum atomic E-state index is 0.692. The van der Waals surface area contributed by atoms with E-state index in [1.54, 1.807) is 0 Å². The monoisotopic (exact) mass is 290 g/mol. The normalized spacial score (nSPS) is 10.3. The molecule has 0 radical (unpaired) electrons. The topological polar surface area (TPSA) is 47.3 Å². The Labute approximate surface area is 124 Å². The van der Waals surface area contributed by atoms with Crippen molar-refractivity contribution in [1.29, 1.82) is 0 Å². The van der Waals surface area contributed by atoms with E-state index in [2.05, 4.69) is 12.2 Å². The van der Waals surface area contributed by atoms with Crippen molar-refractivity contribution in [3.63, 3.8) is 0 Å². The fourth-order valence-corrected chi connectivity index (χ4v) is 1.96. The van der Waals surface area contributed by atoms with E-state index in [-0.39, 0.29) is 0 Å². The standard InChI is InChI=1S/C16H19ClN2O/c1-2-7-20-16-9-14(18)8-15(10-16)19-11-12-3-5-13(17)6-4-12/h3-6,8-10,19H,2,7,11,18H2,1H3. The lowest BCUT2D eigenvalue weighted by Crippen LogP contribution is -2.02. The molecule has 4 heteroatoms. The highest BCUT2D eigenvalue weighted by molar-refractivity contribution is 6.30. The zero-order chi connectivity index (χ0) is 14.4. The molecular weight excluding hydrogens is 272 g/mol. The zero-order valence-electron chi connectivity index (χ0n) is 11.5. The van der Waals surface area contributed by atoms with E-state index in [9.17, 15) is 0 Å². The Hall–Kier alpha value is -1.87. The van der Waals surface area contributed by atoms with Gasteiger partial charge in [-0.15, -0.1) is 0 Å². The number of hydrogen-bond acceptors (Lipinski definition) is 3. The maximum absolute atomic E-state index is 5.88. The van der Waals surface area contributed by atoms with Crippen LogP contribution in [0.4, 0.5) is 11.4 Å². The summed E-state index contributed by atoms with van der Waals surface area (Å²) in [6, 6.07) is 13.5. The lowest BCUT2D eigenvalue weighted by molar-refractivity contribution is 0.318. The van der Waals surface area contributed by atoms with Gasteiger partial charge in [0.1, 0.15) is 5.75 Å². The highest BCUT2D eigenvalue weighted by atomic mass is 35.5. The van der Waals surface area contributed by atoms with Gasteiger partial charge in [-0.25, -0.2) is 0 Å². The second kappa shape index (κ2) is 7.06. The molecule has 3 nitrogen and oxygen atoms in total. The van der Waals surface area contributed by atoms with Gasteiger partial charge in [-0.3, -0.25) is 0 Å². The van der Waals surface area contributed by atoms with Crippen molar-refractivity contribution < 1.29 is 4.74 Å². The van der Waals surface area contributed by atoms with Crippen LogP contribution >= 0.6 is 11.6 Å². The Morgan fingerprint density at radius 1 is 1.15 bits per heavy atom. The Kier molecular flexibility index (Phi) is 5.13. The number of nitrogen functional groups attached to an aromatic ring is 1. The highest BCUT2D eigenvalue weighted by Crippen LogP contribution is 2.23. The molecule has 20 heavy (non-hydrogen) atoms. The van der Waals surface area contributed by atoms with Crippen molar-refractivity contribution in [1.82, 2.24) is 0 Å². The van der Waals surface area contributed by atoms with Crippen LogP contribution in [0.2, 0.25) is 5.02 Å². The van der Waals surface area contributed by atoms with Crippen molar-refractivity contribution in [3.8, 4) is 5.75 Å². The van der Waals surface area contributed by atoms with Gasteiger partial charge in [0.05, 0.1) is 6.61 Å². The van der Waals surface area contributed by atoms with E-state index < -0.39 is 0 Å². The summed E-state index contributed by atoms with van der Waals surface area (Å²) in [4.78, 5) is 0. The highest BCUT2D eigenvalue weighted by Gasteiger charge is 2.00. The first-order valence-corrected chi connectivity index (χ1v) is 7.07. The van der Waals surface area contributed by atoms with Crippen LogP contribution in [0, 0.1) is 0 Å². The smallest absolute Gasteiger partial charge is 0.123 e. The molecule has 0 saturated carbocycles. The maximum Gasteiger partial charge on any atom is 0.123 e. The van der Waals surface area contributed by atoms with E-state index in [4.69, 9.17) is 22.1 Å². The van der Waals surface area contributed by atoms with E-state index in [0.29, 0.717) is 18.8 Å². The van der Waals surface area contributed by atoms with E-state index >= 15 is 0 Å². The second-order valence-electron chi connectivity index (χ2n) is 4.62. The lowest BCUT2D eigenvalue weighted by atomic mass is 10.2. The molecular formula is C16H19ClN2O. The van der Waals surface area contributed by atoms with E-state index in [1.807, 2.05) is 42.5 Å². The molecule has 106 valence electrons. The molecule has 0 fully saturated rings. The van der Waals surface area contributed by atoms with Gasteiger partial charge < -0.3 is 15.8 Å². The molecule has 2 rings (SSSR count). The SMILES string of the molecule is CCCOc1cc(N)cc(NCc2ccc(Cl)cc2)c1. The Bertz CT molecular complexity index is 555. The first kappa shape index (κ1) is 14.5. The molecule has 2 aromatic rings. The third-order valence-electron chi connectivity index (χ3n) is 2.81. The Morgan fingerprint density at radius 3 is 2.60 bits per heavy atom. The summed E-state index contributed by atoms with van der Waals surface area (Å²) in [5, 5.41) is 4.08. The van der Waals surface area contributed by atoms with Gasteiger partial charge in [-0.1, -0.05) is 30.7 Å². The fraction of sp³-hybridized carbons (Fsp3) is 0.250. The summed E-state index contributed by atoms with van der Waals surface area (Å²) in [5.41, 5.74) is 8.68. The predicted octanol–water partition coefficient (Wildman–Crippen LogP) is 4.32. The van der Waals surface area contributed by atoms with Gasteiger partial charge in [-0.2, -0.15) is 0 Å². The number of nitrogens with one attached hydrogen (secondary N) is 1. The van der Waals surface area contributed by atoms with Crippen molar-refractivity contribution in [2.75, 3.05) is 17.7 Å². The first-order valence-electron chi connectivity index (χ1n) is 6.69. The van der Waals surface area contributed by atoms with Crippen LogP contribution in [-0.4, -0.2) is 6.61 Å². The molecule has 0 aromatic heterocycles. The van der Waals surface area contributed by atoms with Crippen LogP contribution in [0.15, 0.2) is 42.5 Å². The second-order valence-corrected chi connectivity index (χ2v) is 5.06. The Balaban J connectivity index is 2.01. The molecule has 0 bridgehead atoms. The average Bonchev–Trinajstić information content (AvgIpc) is 2.44. The van der Waals surface area contributed by atoms with E-state index in [0.717, 1.165) is 28.4 Å². The molecule has 0 amide bonds. The number of anilines is 2. The number of nitrogens with two attached hydrogens (primary N) is 1. The van der Waals surface area contributed by atoms with Crippen LogP contribution in [-0.2, 0) is 6.54 Å². The zero-order valence-corrected chi connectivity index (χ0v) is 12.3. The molecule has 0 aliphatic heterocycles. The number of ether oxygens (including phenoxy) is 1. The third kappa shape index (κ3) is 4.35. The van der Waals surface area contributed by atoms with E-state index in [1.165, 1.54) is 0 Å². The van der Waals surface area contributed by atoms with Crippen LogP contribution in [0.25, 0.3) is 0 Å². The summed E-state index contributed by atoms with van der Waals surface area (Å²) in [7, 11) is 0. The maximum atomic E-state index is 5.88. The molecule has 0 aliphatic carbocycles. The molecule has 0 spiro atoms. The largest absolute Gasteiger partial charge is 0.493 e. The summed E-state index contributed by atoms with van der Waals surface area (Å²) in [6.45, 7) is 3.49. The summed E-state index contributed by atoms with van der Waals surface area (Å²) in [6.07, 6.45) is 0.975. The van der Waals surface area contributed by atoms with Gasteiger partial charge in [0.2, 0.25) is 0 Å². The minimum Gasteiger partial charge on any atom is -0.493 e. The minimum absolute atomic E-state index is 0.692. The number of halogens is 1. The van der Waals surface area contributed by atoms with Crippen molar-refractivity contribution in [2.45, 2.75) is 19.9 Å². The molecule has 0 unspecified atom stereocenters. The van der Waals surface area contributed by atoms with Crippen molar-refractivity contribution >= 4 is 23.0 Å². The van der Waals surface area contributed by atoms with Crippen LogP contribution < -0.4 is 15.8 Å². The third-order valence-corrected chi connectivity index (χ3v) is 3.06. The van der Waals surface area contributed by atoms with Crippen molar-refractivity contribution in [3.05, 3.63) is 53.1 Å². The average molecular weight is 291 g/mol. The molecule has 3 N–H and O–H groups in total. The first-order chi connectivity index (χ1) is 9.67. The summed E-state index contributed by atoms with van der Waals surface area (Å²) in [5.74, 6) is 0.797. The molecule has 2 aromatic carbocycles. The van der Waals surface area contributed by atoms with Gasteiger partial charge in [0.15, 0.2) is 0 Å². The van der Waals surface area contributed by atoms with Gasteiger partial charge in [-0.05, 0) is 30.2 Å². The molecule has 0 heterocycles. The number of benzene rings is 2. The van der Waals surface area contributed by atoms with Gasteiger partial charge >= 0.3 is 0 Å². The van der Waals surface area contributed by atoms with Gasteiger partial charge in [0, 0.05) is 35.1 Å².